The molecule has 1 aliphatic rings. The van der Waals surface area contributed by atoms with Crippen LogP contribution in [-0.2, 0) is 0 Å². The van der Waals surface area contributed by atoms with Crippen molar-refractivity contribution in [1.29, 1.82) is 0 Å². The Hall–Kier alpha value is -1.80. The predicted octanol–water partition coefficient (Wildman–Crippen LogP) is 3.07. The minimum absolute atomic E-state index is 0.517. The molecule has 3 rings (SSSR count). The zero-order chi connectivity index (χ0) is 11.1. The van der Waals surface area contributed by atoms with Crippen LogP contribution in [0.5, 0.6) is 0 Å². The molecule has 2 nitrogen and oxygen atoms in total. The van der Waals surface area contributed by atoms with Crippen LogP contribution >= 0.6 is 0 Å². The van der Waals surface area contributed by atoms with Crippen molar-refractivity contribution >= 4 is 5.57 Å². The van der Waals surface area contributed by atoms with E-state index in [2.05, 4.69) is 0 Å². The topological polar surface area (TPSA) is 33.4 Å². The molecule has 0 fully saturated rings. The number of furan rings is 1. The number of benzene rings is 1. The van der Waals surface area contributed by atoms with Gasteiger partial charge < -0.3 is 9.52 Å². The Labute approximate surface area is 93.8 Å². The fourth-order valence-electron chi connectivity index (χ4n) is 2.12. The Balaban J connectivity index is 2.14. The maximum atomic E-state index is 9.90. The molecule has 1 atom stereocenters. The molecule has 80 valence electrons. The smallest absolute Gasteiger partial charge is 0.134 e. The van der Waals surface area contributed by atoms with Crippen LogP contribution in [0.2, 0.25) is 0 Å². The van der Waals surface area contributed by atoms with Crippen molar-refractivity contribution in [3.8, 4) is 0 Å². The molecule has 1 aliphatic carbocycles. The van der Waals surface area contributed by atoms with E-state index in [0.29, 0.717) is 0 Å². The van der Waals surface area contributed by atoms with Gasteiger partial charge >= 0.3 is 0 Å². The van der Waals surface area contributed by atoms with Gasteiger partial charge in [-0.15, -0.1) is 0 Å². The highest BCUT2D eigenvalue weighted by molar-refractivity contribution is 5.83. The van der Waals surface area contributed by atoms with Crippen molar-refractivity contribution in [2.75, 3.05) is 0 Å². The number of hydrogen-bond donors (Lipinski definition) is 1. The molecule has 0 radical (unpaired) electrons. The van der Waals surface area contributed by atoms with Gasteiger partial charge in [0.15, 0.2) is 0 Å². The molecule has 1 N–H and O–H groups in total. The Morgan fingerprint density at radius 3 is 2.81 bits per heavy atom. The van der Waals surface area contributed by atoms with E-state index in [1.807, 2.05) is 43.3 Å². The molecule has 1 heterocycles. The number of fused-ring (bicyclic) bond motifs is 1. The fourth-order valence-corrected chi connectivity index (χ4v) is 2.12. The number of aryl methyl sites for hydroxylation is 1. The Morgan fingerprint density at radius 1 is 1.25 bits per heavy atom. The lowest BCUT2D eigenvalue weighted by Gasteiger charge is -2.03. The van der Waals surface area contributed by atoms with Crippen LogP contribution in [0.15, 0.2) is 47.1 Å². The first-order valence-corrected chi connectivity index (χ1v) is 5.30. The van der Waals surface area contributed by atoms with Gasteiger partial charge in [0.2, 0.25) is 0 Å². The Morgan fingerprint density at radius 2 is 2.06 bits per heavy atom. The standard InChI is InChI=1S/C14H12O2/c1-9-6-14(16-8-9)12-7-13(15)11-5-3-2-4-10(11)12/h2-8,13,15H,1H3. The molecule has 2 aromatic rings. The van der Waals surface area contributed by atoms with E-state index < -0.39 is 6.10 Å². The third-order valence-electron chi connectivity index (χ3n) is 2.89. The summed E-state index contributed by atoms with van der Waals surface area (Å²) < 4.78 is 5.47. The van der Waals surface area contributed by atoms with Gasteiger partial charge in [0.1, 0.15) is 5.76 Å². The van der Waals surface area contributed by atoms with Gasteiger partial charge in [-0.2, -0.15) is 0 Å². The first kappa shape index (κ1) is 9.43. The van der Waals surface area contributed by atoms with E-state index >= 15 is 0 Å². The first-order chi connectivity index (χ1) is 7.75. The van der Waals surface area contributed by atoms with E-state index in [9.17, 15) is 5.11 Å². The molecule has 0 amide bonds. The summed E-state index contributed by atoms with van der Waals surface area (Å²) in [4.78, 5) is 0. The molecule has 2 heteroatoms. The van der Waals surface area contributed by atoms with Crippen LogP contribution in [-0.4, -0.2) is 5.11 Å². The SMILES string of the molecule is Cc1coc(C2=CC(O)c3ccccc32)c1. The summed E-state index contributed by atoms with van der Waals surface area (Å²) in [6, 6.07) is 9.85. The largest absolute Gasteiger partial charge is 0.464 e. The lowest BCUT2D eigenvalue weighted by Crippen LogP contribution is -1.89. The molecule has 0 spiro atoms. The number of aliphatic hydroxyl groups excluding tert-OH is 1. The van der Waals surface area contributed by atoms with Gasteiger partial charge in [-0.25, -0.2) is 0 Å². The molecule has 1 unspecified atom stereocenters. The highest BCUT2D eigenvalue weighted by Crippen LogP contribution is 2.38. The summed E-state index contributed by atoms with van der Waals surface area (Å²) in [6.07, 6.45) is 3.04. The quantitative estimate of drug-likeness (QED) is 0.788. The Kier molecular flexibility index (Phi) is 1.98. The molecule has 0 bridgehead atoms. The summed E-state index contributed by atoms with van der Waals surface area (Å²) >= 11 is 0. The predicted molar refractivity (Wildman–Crippen MR) is 61.9 cm³/mol. The van der Waals surface area contributed by atoms with Gasteiger partial charge in [0.25, 0.3) is 0 Å². The Bertz CT molecular complexity index is 564. The highest BCUT2D eigenvalue weighted by Gasteiger charge is 2.23. The van der Waals surface area contributed by atoms with Crippen molar-refractivity contribution in [2.24, 2.45) is 0 Å². The van der Waals surface area contributed by atoms with Crippen molar-refractivity contribution in [3.63, 3.8) is 0 Å². The second kappa shape index (κ2) is 3.35. The zero-order valence-corrected chi connectivity index (χ0v) is 8.97. The third-order valence-corrected chi connectivity index (χ3v) is 2.89. The number of rotatable bonds is 1. The summed E-state index contributed by atoms with van der Waals surface area (Å²) in [5.41, 5.74) is 4.09. The van der Waals surface area contributed by atoms with Crippen LogP contribution < -0.4 is 0 Å². The van der Waals surface area contributed by atoms with Crippen molar-refractivity contribution in [1.82, 2.24) is 0 Å². The van der Waals surface area contributed by atoms with Gasteiger partial charge in [0, 0.05) is 5.57 Å². The minimum Gasteiger partial charge on any atom is -0.464 e. The molecular weight excluding hydrogens is 200 g/mol. The summed E-state index contributed by atoms with van der Waals surface area (Å²) in [5, 5.41) is 9.90. The molecule has 0 saturated carbocycles. The number of aliphatic hydroxyl groups is 1. The van der Waals surface area contributed by atoms with Crippen LogP contribution in [0.1, 0.15) is 28.6 Å². The van der Waals surface area contributed by atoms with Crippen LogP contribution in [0.3, 0.4) is 0 Å². The molecule has 16 heavy (non-hydrogen) atoms. The maximum Gasteiger partial charge on any atom is 0.134 e. The second-order valence-corrected chi connectivity index (χ2v) is 4.10. The summed E-state index contributed by atoms with van der Waals surface area (Å²) in [7, 11) is 0. The summed E-state index contributed by atoms with van der Waals surface area (Å²) in [6.45, 7) is 1.99. The van der Waals surface area contributed by atoms with Crippen molar-refractivity contribution in [3.05, 3.63) is 65.1 Å². The first-order valence-electron chi connectivity index (χ1n) is 5.30. The minimum atomic E-state index is -0.517. The molecular formula is C14H12O2. The lowest BCUT2D eigenvalue weighted by molar-refractivity contribution is 0.232. The van der Waals surface area contributed by atoms with Crippen molar-refractivity contribution in [2.45, 2.75) is 13.0 Å². The normalized spacial score (nSPS) is 18.4. The summed E-state index contributed by atoms with van der Waals surface area (Å²) in [5.74, 6) is 0.821. The highest BCUT2D eigenvalue weighted by atomic mass is 16.3. The molecule has 0 saturated heterocycles. The average Bonchev–Trinajstić information content (AvgIpc) is 2.84. The zero-order valence-electron chi connectivity index (χ0n) is 8.97. The molecule has 1 aromatic heterocycles. The van der Waals surface area contributed by atoms with E-state index in [4.69, 9.17) is 4.42 Å². The molecule has 0 aliphatic heterocycles. The third kappa shape index (κ3) is 1.31. The van der Waals surface area contributed by atoms with Crippen molar-refractivity contribution < 1.29 is 9.52 Å². The van der Waals surface area contributed by atoms with Gasteiger partial charge in [0.05, 0.1) is 12.4 Å². The van der Waals surface area contributed by atoms with Crippen LogP contribution in [0.25, 0.3) is 5.57 Å². The van der Waals surface area contributed by atoms with Crippen LogP contribution in [0, 0.1) is 6.92 Å². The van der Waals surface area contributed by atoms with E-state index in [1.54, 1.807) is 6.26 Å². The second-order valence-electron chi connectivity index (χ2n) is 4.10. The molecule has 1 aromatic carbocycles. The monoisotopic (exact) mass is 212 g/mol. The maximum absolute atomic E-state index is 9.90. The fraction of sp³-hybridized carbons (Fsp3) is 0.143. The van der Waals surface area contributed by atoms with Crippen LogP contribution in [0.4, 0.5) is 0 Å². The van der Waals surface area contributed by atoms with E-state index in [1.165, 1.54) is 0 Å². The van der Waals surface area contributed by atoms with E-state index in [0.717, 1.165) is 28.0 Å². The number of hydrogen-bond acceptors (Lipinski definition) is 2. The lowest BCUT2D eigenvalue weighted by atomic mass is 10.0. The van der Waals surface area contributed by atoms with Gasteiger partial charge in [-0.1, -0.05) is 24.3 Å². The van der Waals surface area contributed by atoms with Gasteiger partial charge in [-0.3, -0.25) is 0 Å². The van der Waals surface area contributed by atoms with E-state index in [-0.39, 0.29) is 0 Å². The average molecular weight is 212 g/mol. The van der Waals surface area contributed by atoms with Gasteiger partial charge in [-0.05, 0) is 35.8 Å².